The van der Waals surface area contributed by atoms with Gasteiger partial charge in [0.25, 0.3) is 8.32 Å². The van der Waals surface area contributed by atoms with Crippen LogP contribution in [0.1, 0.15) is 101 Å². The Labute approximate surface area is 291 Å². The maximum Gasteiger partial charge on any atom is 0.261 e. The third-order valence-electron chi connectivity index (χ3n) is 12.9. The van der Waals surface area contributed by atoms with Gasteiger partial charge in [-0.25, -0.2) is 0 Å². The van der Waals surface area contributed by atoms with E-state index in [0.29, 0.717) is 17.9 Å². The summed E-state index contributed by atoms with van der Waals surface area (Å²) in [6.45, 7) is 13.6. The van der Waals surface area contributed by atoms with Gasteiger partial charge in [0.1, 0.15) is 12.4 Å². The summed E-state index contributed by atoms with van der Waals surface area (Å²) in [6.07, 6.45) is 10.1. The van der Waals surface area contributed by atoms with E-state index in [2.05, 4.69) is 138 Å². The number of aryl methyl sites for hydroxylation is 2. The first-order valence-corrected chi connectivity index (χ1v) is 20.7. The zero-order valence-corrected chi connectivity index (χ0v) is 31.0. The minimum atomic E-state index is -2.51. The summed E-state index contributed by atoms with van der Waals surface area (Å²) in [5.41, 5.74) is 6.23. The largest absolute Gasteiger partial charge is 0.489 e. The van der Waals surface area contributed by atoms with Gasteiger partial charge >= 0.3 is 0 Å². The van der Waals surface area contributed by atoms with Crippen LogP contribution in [0.3, 0.4) is 0 Å². The van der Waals surface area contributed by atoms with Crippen LogP contribution in [0, 0.1) is 23.2 Å². The van der Waals surface area contributed by atoms with Crippen molar-refractivity contribution >= 4 is 18.7 Å². The van der Waals surface area contributed by atoms with Gasteiger partial charge in [0.15, 0.2) is 0 Å². The SMILES string of the molecule is CCc1cc2c(cc1OCc1ccccc1)CC[C@@H]1[C@@H]2CC[C@]2(C)[C@@H](CCO[Si](c3ccccc3)(c3ccccc3)C(C)(C)C)CC[C@@H]12. The lowest BCUT2D eigenvalue weighted by Gasteiger charge is -2.51. The van der Waals surface area contributed by atoms with E-state index >= 15 is 0 Å². The highest BCUT2D eigenvalue weighted by molar-refractivity contribution is 6.99. The van der Waals surface area contributed by atoms with Gasteiger partial charge < -0.3 is 9.16 Å². The number of hydrogen-bond donors (Lipinski definition) is 0. The molecule has 0 unspecified atom stereocenters. The second-order valence-corrected chi connectivity index (χ2v) is 20.6. The summed E-state index contributed by atoms with van der Waals surface area (Å²) in [4.78, 5) is 0. The van der Waals surface area contributed by atoms with Gasteiger partial charge in [-0.15, -0.1) is 0 Å². The van der Waals surface area contributed by atoms with Crippen molar-refractivity contribution in [1.29, 1.82) is 0 Å². The van der Waals surface area contributed by atoms with Crippen molar-refractivity contribution in [2.24, 2.45) is 23.2 Å². The highest BCUT2D eigenvalue weighted by Gasteiger charge is 2.55. The predicted octanol–water partition coefficient (Wildman–Crippen LogP) is 10.3. The van der Waals surface area contributed by atoms with E-state index in [1.165, 1.54) is 66.4 Å². The summed E-state index contributed by atoms with van der Waals surface area (Å²) in [5, 5.41) is 2.80. The lowest BCUT2D eigenvalue weighted by molar-refractivity contribution is 0.0216. The molecule has 3 aliphatic carbocycles. The first-order valence-electron chi connectivity index (χ1n) is 18.8. The second-order valence-electron chi connectivity index (χ2n) is 16.3. The number of rotatable bonds is 10. The summed E-state index contributed by atoms with van der Waals surface area (Å²) in [5.74, 6) is 4.16. The molecule has 0 aliphatic heterocycles. The highest BCUT2D eigenvalue weighted by Crippen LogP contribution is 2.63. The summed E-state index contributed by atoms with van der Waals surface area (Å²) >= 11 is 0. The standard InChI is InChI=1S/C45H56O2Si/c1-6-34-30-41-35(31-43(34)46-32-33-16-10-7-11-17-33)22-24-40-39(41)26-28-45(5)36(23-25-42(40)45)27-29-47-48(44(2,3)4,37-18-12-8-13-19-37)38-20-14-9-15-21-38/h7-21,30-31,36,39-40,42H,6,22-29,32H2,1-5H3/t36-,39+,40-,42+,45-/m1/s1. The van der Waals surface area contributed by atoms with E-state index in [1.54, 1.807) is 11.1 Å². The fourth-order valence-corrected chi connectivity index (χ4v) is 15.1. The van der Waals surface area contributed by atoms with E-state index in [9.17, 15) is 0 Å². The first-order chi connectivity index (χ1) is 23.2. The van der Waals surface area contributed by atoms with Gasteiger partial charge in [-0.1, -0.05) is 132 Å². The van der Waals surface area contributed by atoms with Crippen LogP contribution < -0.4 is 15.1 Å². The Morgan fingerprint density at radius 2 is 1.44 bits per heavy atom. The number of hydrogen-bond acceptors (Lipinski definition) is 2. The molecule has 7 rings (SSSR count). The number of fused-ring (bicyclic) bond motifs is 5. The molecule has 0 heterocycles. The molecule has 2 nitrogen and oxygen atoms in total. The van der Waals surface area contributed by atoms with Crippen LogP contribution in [-0.4, -0.2) is 14.9 Å². The Hall–Kier alpha value is -3.14. The van der Waals surface area contributed by atoms with Crippen LogP contribution in [0.2, 0.25) is 5.04 Å². The fourth-order valence-electron chi connectivity index (χ4n) is 10.5. The van der Waals surface area contributed by atoms with Crippen molar-refractivity contribution in [1.82, 2.24) is 0 Å². The quantitative estimate of drug-likeness (QED) is 0.158. The predicted molar refractivity (Wildman–Crippen MR) is 203 cm³/mol. The molecule has 5 atom stereocenters. The lowest BCUT2D eigenvalue weighted by atomic mass is 9.54. The van der Waals surface area contributed by atoms with Gasteiger partial charge in [0.2, 0.25) is 0 Å². The molecule has 3 aliphatic rings. The van der Waals surface area contributed by atoms with Crippen molar-refractivity contribution in [3.8, 4) is 5.75 Å². The molecule has 0 saturated heterocycles. The summed E-state index contributed by atoms with van der Waals surface area (Å²) in [6, 6.07) is 37.9. The molecule has 4 aromatic rings. The average Bonchev–Trinajstić information content (AvgIpc) is 3.45. The molecule has 0 bridgehead atoms. The molecule has 4 aromatic carbocycles. The third-order valence-corrected chi connectivity index (χ3v) is 18.0. The van der Waals surface area contributed by atoms with Crippen molar-refractivity contribution in [3.05, 3.63) is 125 Å². The number of ether oxygens (including phenoxy) is 1. The molecule has 48 heavy (non-hydrogen) atoms. The molecular weight excluding hydrogens is 601 g/mol. The molecule has 0 amide bonds. The molecule has 252 valence electrons. The van der Waals surface area contributed by atoms with Crippen LogP contribution in [0.5, 0.6) is 5.75 Å². The zero-order chi connectivity index (χ0) is 33.4. The Morgan fingerprint density at radius 1 is 0.792 bits per heavy atom. The molecular formula is C45H56O2Si. The smallest absolute Gasteiger partial charge is 0.261 e. The first kappa shape index (κ1) is 33.4. The minimum absolute atomic E-state index is 0.0230. The van der Waals surface area contributed by atoms with Crippen molar-refractivity contribution < 1.29 is 9.16 Å². The van der Waals surface area contributed by atoms with Crippen LogP contribution in [-0.2, 0) is 23.9 Å². The van der Waals surface area contributed by atoms with Crippen LogP contribution in [0.15, 0.2) is 103 Å². The molecule has 0 N–H and O–H groups in total. The van der Waals surface area contributed by atoms with Crippen molar-refractivity contribution in [2.75, 3.05) is 6.61 Å². The maximum absolute atomic E-state index is 7.42. The normalized spacial score (nSPS) is 25.2. The molecule has 0 aromatic heterocycles. The molecule has 2 fully saturated rings. The van der Waals surface area contributed by atoms with Crippen LogP contribution in [0.25, 0.3) is 0 Å². The Kier molecular flexibility index (Phi) is 9.48. The highest BCUT2D eigenvalue weighted by atomic mass is 28.4. The van der Waals surface area contributed by atoms with Crippen molar-refractivity contribution in [3.63, 3.8) is 0 Å². The zero-order valence-electron chi connectivity index (χ0n) is 30.0. The number of benzene rings is 4. The van der Waals surface area contributed by atoms with Crippen LogP contribution >= 0.6 is 0 Å². The topological polar surface area (TPSA) is 18.5 Å². The second kappa shape index (κ2) is 13.6. The summed E-state index contributed by atoms with van der Waals surface area (Å²) < 4.78 is 13.9. The van der Waals surface area contributed by atoms with Gasteiger partial charge in [0, 0.05) is 6.61 Å². The Morgan fingerprint density at radius 3 is 2.06 bits per heavy atom. The Balaban J connectivity index is 1.07. The van der Waals surface area contributed by atoms with E-state index < -0.39 is 8.32 Å². The summed E-state index contributed by atoms with van der Waals surface area (Å²) in [7, 11) is -2.51. The van der Waals surface area contributed by atoms with E-state index in [1.807, 2.05) is 0 Å². The average molecular weight is 657 g/mol. The maximum atomic E-state index is 7.42. The molecule has 3 heteroatoms. The van der Waals surface area contributed by atoms with Crippen molar-refractivity contribution in [2.45, 2.75) is 104 Å². The Bertz CT molecular complexity index is 1620. The van der Waals surface area contributed by atoms with Gasteiger partial charge in [-0.05, 0) is 124 Å². The van der Waals surface area contributed by atoms with E-state index in [4.69, 9.17) is 9.16 Å². The minimum Gasteiger partial charge on any atom is -0.489 e. The van der Waals surface area contributed by atoms with Gasteiger partial charge in [-0.2, -0.15) is 0 Å². The monoisotopic (exact) mass is 656 g/mol. The molecule has 0 radical (unpaired) electrons. The third kappa shape index (κ3) is 6.00. The molecule has 0 spiro atoms. The lowest BCUT2D eigenvalue weighted by Crippen LogP contribution is -2.66. The van der Waals surface area contributed by atoms with E-state index in [0.717, 1.165) is 36.5 Å². The van der Waals surface area contributed by atoms with Gasteiger partial charge in [0.05, 0.1) is 0 Å². The van der Waals surface area contributed by atoms with Crippen LogP contribution in [0.4, 0.5) is 0 Å². The molecule has 2 saturated carbocycles. The van der Waals surface area contributed by atoms with E-state index in [-0.39, 0.29) is 5.04 Å². The van der Waals surface area contributed by atoms with Gasteiger partial charge in [-0.3, -0.25) is 0 Å². The fraction of sp³-hybridized carbons (Fsp3) is 0.467.